The summed E-state index contributed by atoms with van der Waals surface area (Å²) in [5.41, 5.74) is 3.16. The summed E-state index contributed by atoms with van der Waals surface area (Å²) in [7, 11) is 0. The van der Waals surface area contributed by atoms with Crippen molar-refractivity contribution in [2.75, 3.05) is 0 Å². The van der Waals surface area contributed by atoms with Crippen molar-refractivity contribution in [3.05, 3.63) is 46.6 Å². The lowest BCUT2D eigenvalue weighted by molar-refractivity contribution is 0.309. The summed E-state index contributed by atoms with van der Waals surface area (Å²) < 4.78 is 5.45. The fourth-order valence-corrected chi connectivity index (χ4v) is 3.15. The molecule has 24 heavy (non-hydrogen) atoms. The number of aryl methyl sites for hydroxylation is 1. The number of rotatable bonds is 3. The van der Waals surface area contributed by atoms with E-state index >= 15 is 0 Å². The van der Waals surface area contributed by atoms with Crippen LogP contribution in [-0.2, 0) is 11.8 Å². The lowest BCUT2D eigenvalue weighted by atomic mass is 9.86. The molecule has 1 N–H and O–H groups in total. The molecule has 0 saturated heterocycles. The van der Waals surface area contributed by atoms with Gasteiger partial charge in [-0.3, -0.25) is 5.32 Å². The number of hydrogen-bond acceptors (Lipinski definition) is 5. The van der Waals surface area contributed by atoms with Crippen molar-refractivity contribution in [2.45, 2.75) is 64.5 Å². The molecule has 1 aromatic heterocycles. The maximum Gasteiger partial charge on any atom is 0.243 e. The maximum absolute atomic E-state index is 9.07. The Morgan fingerprint density at radius 1 is 1.38 bits per heavy atom. The van der Waals surface area contributed by atoms with Crippen molar-refractivity contribution in [1.29, 1.82) is 5.26 Å². The summed E-state index contributed by atoms with van der Waals surface area (Å²) in [6.07, 6.45) is 3.22. The van der Waals surface area contributed by atoms with Crippen molar-refractivity contribution >= 4 is 0 Å². The van der Waals surface area contributed by atoms with Gasteiger partial charge < -0.3 is 4.52 Å². The van der Waals surface area contributed by atoms with E-state index in [-0.39, 0.29) is 17.5 Å². The Morgan fingerprint density at radius 3 is 2.83 bits per heavy atom. The molecular formula is C19H24N4O. The summed E-state index contributed by atoms with van der Waals surface area (Å²) in [5.74, 6) is 1.36. The van der Waals surface area contributed by atoms with Crippen molar-refractivity contribution in [3.63, 3.8) is 0 Å². The highest BCUT2D eigenvalue weighted by atomic mass is 16.5. The van der Waals surface area contributed by atoms with Crippen LogP contribution >= 0.6 is 0 Å². The molecule has 0 saturated carbocycles. The Balaban J connectivity index is 1.78. The van der Waals surface area contributed by atoms with Gasteiger partial charge in [-0.2, -0.15) is 10.2 Å². The van der Waals surface area contributed by atoms with E-state index in [2.05, 4.69) is 55.3 Å². The van der Waals surface area contributed by atoms with Gasteiger partial charge in [0.15, 0.2) is 5.82 Å². The van der Waals surface area contributed by atoms with Crippen LogP contribution in [0.2, 0.25) is 0 Å². The molecule has 1 aliphatic rings. The van der Waals surface area contributed by atoms with Gasteiger partial charge in [0.1, 0.15) is 0 Å². The van der Waals surface area contributed by atoms with E-state index in [1.165, 1.54) is 11.1 Å². The Morgan fingerprint density at radius 2 is 2.17 bits per heavy atom. The summed E-state index contributed by atoms with van der Waals surface area (Å²) in [5, 5.41) is 16.8. The highest BCUT2D eigenvalue weighted by molar-refractivity contribution is 5.41. The zero-order chi connectivity index (χ0) is 17.3. The molecule has 2 aromatic rings. The maximum atomic E-state index is 9.07. The van der Waals surface area contributed by atoms with Crippen molar-refractivity contribution < 1.29 is 4.52 Å². The van der Waals surface area contributed by atoms with Crippen LogP contribution in [0, 0.1) is 11.3 Å². The quantitative estimate of drug-likeness (QED) is 0.924. The third-order valence-corrected chi connectivity index (χ3v) is 4.52. The first-order valence-electron chi connectivity index (χ1n) is 8.51. The Bertz CT molecular complexity index is 766. The predicted octanol–water partition coefficient (Wildman–Crippen LogP) is 3.97. The van der Waals surface area contributed by atoms with E-state index in [0.717, 1.165) is 30.7 Å². The Hall–Kier alpha value is -2.19. The molecule has 126 valence electrons. The molecule has 2 unspecified atom stereocenters. The molecule has 3 rings (SSSR count). The third kappa shape index (κ3) is 3.34. The smallest absolute Gasteiger partial charge is 0.243 e. The topological polar surface area (TPSA) is 74.7 Å². The fourth-order valence-electron chi connectivity index (χ4n) is 3.15. The minimum Gasteiger partial charge on any atom is -0.338 e. The predicted molar refractivity (Wildman–Crippen MR) is 91.4 cm³/mol. The van der Waals surface area contributed by atoms with Gasteiger partial charge in [0.05, 0.1) is 17.7 Å². The summed E-state index contributed by atoms with van der Waals surface area (Å²) in [6.45, 7) is 8.27. The first-order valence-corrected chi connectivity index (χ1v) is 8.51. The first kappa shape index (κ1) is 16.7. The second-order valence-corrected chi connectivity index (χ2v) is 7.56. The van der Waals surface area contributed by atoms with Crippen LogP contribution in [0.1, 0.15) is 81.0 Å². The van der Waals surface area contributed by atoms with E-state index in [1.54, 1.807) is 0 Å². The number of nitrogens with one attached hydrogen (secondary N) is 1. The third-order valence-electron chi connectivity index (χ3n) is 4.52. The summed E-state index contributed by atoms with van der Waals surface area (Å²) in [6, 6.07) is 8.44. The summed E-state index contributed by atoms with van der Waals surface area (Å²) >= 11 is 0. The minimum atomic E-state index is -0.118. The van der Waals surface area contributed by atoms with Gasteiger partial charge in [-0.25, -0.2) is 0 Å². The molecule has 1 aliphatic carbocycles. The second kappa shape index (κ2) is 6.37. The first-order chi connectivity index (χ1) is 11.4. The van der Waals surface area contributed by atoms with Gasteiger partial charge in [-0.05, 0) is 49.4 Å². The van der Waals surface area contributed by atoms with Crippen LogP contribution in [0.5, 0.6) is 0 Å². The van der Waals surface area contributed by atoms with E-state index < -0.39 is 0 Å². The normalized spacial score (nSPS) is 18.7. The van der Waals surface area contributed by atoms with Crippen LogP contribution in [0.25, 0.3) is 0 Å². The van der Waals surface area contributed by atoms with Crippen LogP contribution in [0.4, 0.5) is 0 Å². The molecule has 1 heterocycles. The Kier molecular flexibility index (Phi) is 4.42. The van der Waals surface area contributed by atoms with Gasteiger partial charge in [0, 0.05) is 11.5 Å². The molecule has 0 bridgehead atoms. The van der Waals surface area contributed by atoms with Gasteiger partial charge in [-0.15, -0.1) is 0 Å². The highest BCUT2D eigenvalue weighted by Crippen LogP contribution is 2.32. The molecule has 5 nitrogen and oxygen atoms in total. The van der Waals surface area contributed by atoms with E-state index in [1.807, 2.05) is 12.1 Å². The minimum absolute atomic E-state index is 0.0137. The number of benzene rings is 1. The standard InChI is InChI=1S/C19H24N4O/c1-12(17-22-18(23-24-17)19(2,3)4)21-16-7-5-6-14-10-13(11-20)8-9-15(14)16/h8-10,12,16,21H,5-7H2,1-4H3. The van der Waals surface area contributed by atoms with Crippen LogP contribution in [0.3, 0.4) is 0 Å². The SMILES string of the molecule is CC(NC1CCCc2cc(C#N)ccc21)c1nc(C(C)(C)C)no1. The van der Waals surface area contributed by atoms with E-state index in [9.17, 15) is 0 Å². The van der Waals surface area contributed by atoms with Crippen LogP contribution in [-0.4, -0.2) is 10.1 Å². The highest BCUT2D eigenvalue weighted by Gasteiger charge is 2.26. The van der Waals surface area contributed by atoms with Crippen LogP contribution in [0.15, 0.2) is 22.7 Å². The molecular weight excluding hydrogens is 300 g/mol. The van der Waals surface area contributed by atoms with Crippen molar-refractivity contribution in [3.8, 4) is 6.07 Å². The van der Waals surface area contributed by atoms with Crippen molar-refractivity contribution in [1.82, 2.24) is 15.5 Å². The molecule has 0 radical (unpaired) electrons. The molecule has 0 aliphatic heterocycles. The van der Waals surface area contributed by atoms with E-state index in [0.29, 0.717) is 5.89 Å². The van der Waals surface area contributed by atoms with Crippen LogP contribution < -0.4 is 5.32 Å². The summed E-state index contributed by atoms with van der Waals surface area (Å²) in [4.78, 5) is 4.55. The molecule has 2 atom stereocenters. The fraction of sp³-hybridized carbons (Fsp3) is 0.526. The van der Waals surface area contributed by atoms with E-state index in [4.69, 9.17) is 9.78 Å². The largest absolute Gasteiger partial charge is 0.338 e. The second-order valence-electron chi connectivity index (χ2n) is 7.56. The molecule has 0 amide bonds. The van der Waals surface area contributed by atoms with Gasteiger partial charge in [-0.1, -0.05) is 32.0 Å². The monoisotopic (exact) mass is 324 g/mol. The molecule has 0 fully saturated rings. The molecule has 0 spiro atoms. The number of aromatic nitrogens is 2. The van der Waals surface area contributed by atoms with Crippen molar-refractivity contribution in [2.24, 2.45) is 0 Å². The van der Waals surface area contributed by atoms with Gasteiger partial charge in [0.2, 0.25) is 5.89 Å². The zero-order valence-electron chi connectivity index (χ0n) is 14.8. The number of hydrogen-bond donors (Lipinski definition) is 1. The molecule has 1 aromatic carbocycles. The average Bonchev–Trinajstić information content (AvgIpc) is 3.05. The lowest BCUT2D eigenvalue weighted by Crippen LogP contribution is -2.28. The Labute approximate surface area is 143 Å². The van der Waals surface area contributed by atoms with Gasteiger partial charge in [0.25, 0.3) is 0 Å². The van der Waals surface area contributed by atoms with Gasteiger partial charge >= 0.3 is 0 Å². The zero-order valence-corrected chi connectivity index (χ0v) is 14.8. The number of nitrogens with zero attached hydrogens (tertiary/aromatic N) is 3. The number of nitriles is 1. The lowest BCUT2D eigenvalue weighted by Gasteiger charge is -2.28. The molecule has 5 heteroatoms. The number of fused-ring (bicyclic) bond motifs is 1. The average molecular weight is 324 g/mol.